The minimum Gasteiger partial charge on any atom is -0.485 e. The number of esters is 2. The molecule has 390 valence electrons. The maximum absolute atomic E-state index is 13.9. The molecular formula is C49H57N7O15S2. The highest BCUT2D eigenvalue weighted by molar-refractivity contribution is 7.90. The summed E-state index contributed by atoms with van der Waals surface area (Å²) in [6.45, 7) is 11.1. The molecule has 0 unspecified atom stereocenters. The SMILES string of the molecule is CC(C)(C)OC(=O)Cc1nc(/C(=N/OC(C)(C)C(=O)OC(C)(C)C)C(=O)C[C@H]2CN(C(=O)CS(=O)(=O)n3nc(-c4cc(OCc5ccccc5)c(OCc5ccccc5)cn4)n(C[C@H](O)CO)c3=O)C2=O)cs1. The summed E-state index contributed by atoms with van der Waals surface area (Å²) >= 11 is 1.02. The maximum Gasteiger partial charge on any atom is 0.360 e. The molecule has 73 heavy (non-hydrogen) atoms. The van der Waals surface area contributed by atoms with Gasteiger partial charge in [-0.05, 0) is 66.5 Å². The Labute approximate surface area is 424 Å². The number of ether oxygens (including phenoxy) is 4. The molecule has 2 aromatic carbocycles. The Balaban J connectivity index is 1.21. The van der Waals surface area contributed by atoms with Crippen molar-refractivity contribution in [3.63, 3.8) is 0 Å². The lowest BCUT2D eigenvalue weighted by atomic mass is 9.91. The topological polar surface area (TPSA) is 287 Å². The van der Waals surface area contributed by atoms with E-state index in [0.717, 1.165) is 27.0 Å². The van der Waals surface area contributed by atoms with Crippen LogP contribution >= 0.6 is 11.3 Å². The summed E-state index contributed by atoms with van der Waals surface area (Å²) in [6, 6.07) is 19.7. The van der Waals surface area contributed by atoms with E-state index in [-0.39, 0.29) is 57.4 Å². The number of pyridine rings is 1. The van der Waals surface area contributed by atoms with E-state index in [1.54, 1.807) is 41.5 Å². The van der Waals surface area contributed by atoms with Crippen molar-refractivity contribution in [2.75, 3.05) is 18.9 Å². The zero-order valence-electron chi connectivity index (χ0n) is 41.5. The van der Waals surface area contributed by atoms with Crippen molar-refractivity contribution >= 4 is 56.6 Å². The predicted molar refractivity (Wildman–Crippen MR) is 263 cm³/mol. The van der Waals surface area contributed by atoms with Crippen molar-refractivity contribution in [3.8, 4) is 23.0 Å². The molecule has 2 amide bonds. The summed E-state index contributed by atoms with van der Waals surface area (Å²) in [5.74, 6) is -7.01. The number of Topliss-reactive ketones (excluding diaryl/α,β-unsaturated/α-hetero) is 1. The number of benzene rings is 2. The van der Waals surface area contributed by atoms with Crippen LogP contribution in [-0.4, -0.2) is 124 Å². The summed E-state index contributed by atoms with van der Waals surface area (Å²) < 4.78 is 51.5. The Kier molecular flexibility index (Phi) is 17.2. The number of aliphatic hydroxyl groups excluding tert-OH is 2. The molecule has 6 rings (SSSR count). The molecule has 1 aliphatic rings. The van der Waals surface area contributed by atoms with Crippen molar-refractivity contribution in [1.29, 1.82) is 0 Å². The highest BCUT2D eigenvalue weighted by Gasteiger charge is 2.44. The van der Waals surface area contributed by atoms with Gasteiger partial charge in [-0.1, -0.05) is 65.8 Å². The second kappa shape index (κ2) is 22.7. The maximum atomic E-state index is 13.9. The molecule has 0 aliphatic carbocycles. The molecule has 0 spiro atoms. The van der Waals surface area contributed by atoms with E-state index in [4.69, 9.17) is 23.8 Å². The molecule has 3 aromatic heterocycles. The van der Waals surface area contributed by atoms with Crippen molar-refractivity contribution < 1.29 is 66.4 Å². The molecule has 1 saturated heterocycles. The van der Waals surface area contributed by atoms with Gasteiger partial charge < -0.3 is 34.0 Å². The first-order valence-electron chi connectivity index (χ1n) is 22.8. The number of hydrogen-bond acceptors (Lipinski definition) is 20. The number of imide groups is 1. The van der Waals surface area contributed by atoms with Gasteiger partial charge >= 0.3 is 17.6 Å². The molecule has 0 bridgehead atoms. The van der Waals surface area contributed by atoms with Crippen LogP contribution in [0, 0.1) is 5.92 Å². The Hall–Kier alpha value is -7.15. The molecule has 1 fully saturated rings. The van der Waals surface area contributed by atoms with Crippen LogP contribution in [0.4, 0.5) is 0 Å². The largest absolute Gasteiger partial charge is 0.485 e. The fourth-order valence-electron chi connectivity index (χ4n) is 6.75. The number of β-lactam (4-membered cyclic amide) rings is 1. The smallest absolute Gasteiger partial charge is 0.360 e. The summed E-state index contributed by atoms with van der Waals surface area (Å²) in [6.07, 6.45) is -1.09. The number of aliphatic hydroxyl groups is 2. The van der Waals surface area contributed by atoms with E-state index in [0.29, 0.717) is 4.90 Å². The number of nitrogens with zero attached hydrogens (tertiary/aromatic N) is 7. The van der Waals surface area contributed by atoms with E-state index in [2.05, 4.69) is 20.2 Å². The normalized spacial score (nSPS) is 14.8. The van der Waals surface area contributed by atoms with Gasteiger partial charge in [0.2, 0.25) is 17.4 Å². The van der Waals surface area contributed by atoms with Crippen LogP contribution in [0.25, 0.3) is 11.5 Å². The van der Waals surface area contributed by atoms with E-state index in [9.17, 15) is 47.4 Å². The Morgan fingerprint density at radius 2 is 1.48 bits per heavy atom. The van der Waals surface area contributed by atoms with Gasteiger partial charge in [-0.3, -0.25) is 28.6 Å². The lowest BCUT2D eigenvalue weighted by Gasteiger charge is -2.36. The first-order valence-corrected chi connectivity index (χ1v) is 25.3. The molecule has 2 N–H and O–H groups in total. The van der Waals surface area contributed by atoms with Crippen LogP contribution in [0.15, 0.2) is 88.3 Å². The molecule has 4 heterocycles. The van der Waals surface area contributed by atoms with E-state index < -0.39 is 112 Å². The fourth-order valence-corrected chi connectivity index (χ4v) is 8.64. The van der Waals surface area contributed by atoms with Gasteiger partial charge in [-0.2, -0.15) is 0 Å². The fraction of sp³-hybridized carbons (Fsp3) is 0.429. The number of carbonyl (C=O) groups is 5. The van der Waals surface area contributed by atoms with Gasteiger partial charge in [0.05, 0.1) is 37.8 Å². The zero-order chi connectivity index (χ0) is 53.5. The predicted octanol–water partition coefficient (Wildman–Crippen LogP) is 3.62. The third-order valence-corrected chi connectivity index (χ3v) is 12.6. The highest BCUT2D eigenvalue weighted by Crippen LogP contribution is 2.32. The lowest BCUT2D eigenvalue weighted by molar-refractivity contribution is -0.179. The van der Waals surface area contributed by atoms with Gasteiger partial charge in [0.15, 0.2) is 34.6 Å². The minimum atomic E-state index is -5.02. The molecule has 2 atom stereocenters. The number of aromatic nitrogens is 5. The first-order chi connectivity index (χ1) is 34.2. The van der Waals surface area contributed by atoms with Crippen LogP contribution in [0.5, 0.6) is 11.5 Å². The Morgan fingerprint density at radius 3 is 2.05 bits per heavy atom. The number of oxime groups is 1. The van der Waals surface area contributed by atoms with Gasteiger partial charge in [-0.15, -0.1) is 20.5 Å². The number of thiazole rings is 1. The third-order valence-electron chi connectivity index (χ3n) is 10.3. The minimum absolute atomic E-state index is 0.0357. The molecule has 0 saturated carbocycles. The molecule has 24 heteroatoms. The second-order valence-electron chi connectivity index (χ2n) is 19.3. The molecule has 22 nitrogen and oxygen atoms in total. The zero-order valence-corrected chi connectivity index (χ0v) is 43.1. The van der Waals surface area contributed by atoms with Crippen LogP contribution in [0.1, 0.15) is 83.6 Å². The van der Waals surface area contributed by atoms with Crippen molar-refractivity contribution in [2.45, 2.75) is 111 Å². The summed E-state index contributed by atoms with van der Waals surface area (Å²) in [4.78, 5) is 95.2. The molecule has 1 aliphatic heterocycles. The molecule has 5 aromatic rings. The first kappa shape index (κ1) is 55.2. The van der Waals surface area contributed by atoms with Crippen LogP contribution < -0.4 is 15.2 Å². The quantitative estimate of drug-likeness (QED) is 0.0433. The second-order valence-corrected chi connectivity index (χ2v) is 22.1. The van der Waals surface area contributed by atoms with Crippen LogP contribution in [0.2, 0.25) is 0 Å². The van der Waals surface area contributed by atoms with Crippen LogP contribution in [-0.2, 0) is 74.5 Å². The Bertz CT molecular complexity index is 3030. The standard InChI is InChI=1S/C49H57N7O15S2/c1-47(2,3)69-41(61)21-39-51-35(28-72-39)42(53-71-49(7,8)45(63)70-48(4,5)6)36(59)19-32-23-54(44(32)62)40(60)29-73(65,66)56-46(64)55(24-33(58)25-57)43(52-56)34-20-37(67-26-30-15-11-9-12-16-30)38(22-50-34)68-27-31-17-13-10-14-18-31/h9-18,20,22,28,32-33,57-58H,19,21,23-27,29H2,1-8H3/b53-42-/t32-,33-/m0/s1. The van der Waals surface area contributed by atoms with Gasteiger partial charge in [-0.25, -0.2) is 28.0 Å². The average Bonchev–Trinajstić information content (AvgIpc) is 3.91. The average molecular weight is 1050 g/mol. The van der Waals surface area contributed by atoms with E-state index >= 15 is 0 Å². The number of hydrogen-bond donors (Lipinski definition) is 2. The van der Waals surface area contributed by atoms with Gasteiger partial charge in [0.25, 0.3) is 10.0 Å². The lowest BCUT2D eigenvalue weighted by Crippen LogP contribution is -2.57. The Morgan fingerprint density at radius 1 is 0.877 bits per heavy atom. The summed E-state index contributed by atoms with van der Waals surface area (Å²) in [7, 11) is -5.02. The van der Waals surface area contributed by atoms with Crippen molar-refractivity contribution in [1.82, 2.24) is 28.6 Å². The number of amides is 2. The summed E-state index contributed by atoms with van der Waals surface area (Å²) in [5.41, 5.74) is -3.66. The highest BCUT2D eigenvalue weighted by atomic mass is 32.2. The van der Waals surface area contributed by atoms with E-state index in [1.165, 1.54) is 31.5 Å². The van der Waals surface area contributed by atoms with Gasteiger partial charge in [0, 0.05) is 24.4 Å². The number of rotatable bonds is 22. The number of ketones is 1. The van der Waals surface area contributed by atoms with Crippen LogP contribution in [0.3, 0.4) is 0 Å². The number of carbonyl (C=O) groups excluding carboxylic acids is 5. The summed E-state index contributed by atoms with van der Waals surface area (Å²) in [5, 5.41) is 29.8. The van der Waals surface area contributed by atoms with E-state index in [1.807, 2.05) is 60.7 Å². The van der Waals surface area contributed by atoms with Crippen molar-refractivity contribution in [2.24, 2.45) is 11.1 Å². The molecule has 0 radical (unpaired) electrons. The number of likely N-dealkylation sites (tertiary alicyclic amines) is 1. The molecular weight excluding hydrogens is 991 g/mol. The van der Waals surface area contributed by atoms with Gasteiger partial charge in [0.1, 0.15) is 40.8 Å². The van der Waals surface area contributed by atoms with Crippen molar-refractivity contribution in [3.05, 3.63) is 111 Å². The monoisotopic (exact) mass is 1050 g/mol. The third kappa shape index (κ3) is 14.7.